The van der Waals surface area contributed by atoms with Gasteiger partial charge in [-0.25, -0.2) is 4.68 Å². The lowest BCUT2D eigenvalue weighted by Gasteiger charge is -2.24. The molecule has 0 spiro atoms. The Kier molecular flexibility index (Phi) is 8.68. The van der Waals surface area contributed by atoms with Gasteiger partial charge < -0.3 is 24.6 Å². The topological polar surface area (TPSA) is 108 Å². The fraction of sp³-hybridized carbons (Fsp3) is 0.464. The minimum absolute atomic E-state index is 0.0562. The minimum atomic E-state index is -0.409. The van der Waals surface area contributed by atoms with E-state index in [9.17, 15) is 9.90 Å². The summed E-state index contributed by atoms with van der Waals surface area (Å²) in [5.41, 5.74) is 2.67. The molecule has 0 unspecified atom stereocenters. The van der Waals surface area contributed by atoms with Gasteiger partial charge in [0.2, 0.25) is 0 Å². The first-order valence-electron chi connectivity index (χ1n) is 12.5. The summed E-state index contributed by atoms with van der Waals surface area (Å²) in [5, 5.41) is 21.4. The summed E-state index contributed by atoms with van der Waals surface area (Å²) in [7, 11) is 2.93. The van der Waals surface area contributed by atoms with Crippen LogP contribution in [-0.4, -0.2) is 46.3 Å². The number of benzene rings is 2. The summed E-state index contributed by atoms with van der Waals surface area (Å²) in [6, 6.07) is 8.92. The van der Waals surface area contributed by atoms with Crippen molar-refractivity contribution in [3.63, 3.8) is 0 Å². The Bertz CT molecular complexity index is 1250. The molecule has 1 heterocycles. The first-order valence-corrected chi connectivity index (χ1v) is 12.5. The maximum atomic E-state index is 13.4. The van der Waals surface area contributed by atoms with Crippen LogP contribution in [0.3, 0.4) is 0 Å². The minimum Gasteiger partial charge on any atom is -0.504 e. The Hall–Kier alpha value is -3.75. The van der Waals surface area contributed by atoms with Crippen LogP contribution in [0.25, 0.3) is 5.69 Å². The fourth-order valence-corrected chi connectivity index (χ4v) is 4.03. The van der Waals surface area contributed by atoms with Crippen LogP contribution in [-0.2, 0) is 5.41 Å². The van der Waals surface area contributed by atoms with Gasteiger partial charge in [-0.3, -0.25) is 4.79 Å². The molecule has 1 aromatic heterocycles. The zero-order valence-electron chi connectivity index (χ0n) is 23.0. The van der Waals surface area contributed by atoms with E-state index in [2.05, 4.69) is 50.2 Å². The number of ether oxygens (including phenoxy) is 3. The van der Waals surface area contributed by atoms with Gasteiger partial charge in [-0.05, 0) is 42.9 Å². The van der Waals surface area contributed by atoms with Gasteiger partial charge in [-0.15, -0.1) is 5.10 Å². The lowest BCUT2D eigenvalue weighted by molar-refractivity contribution is 0.102. The van der Waals surface area contributed by atoms with Gasteiger partial charge >= 0.3 is 0 Å². The number of hydrogen-bond donors (Lipinski definition) is 2. The van der Waals surface area contributed by atoms with Crippen molar-refractivity contribution in [3.8, 4) is 28.7 Å². The molecular weight excluding hydrogens is 472 g/mol. The van der Waals surface area contributed by atoms with Gasteiger partial charge in [0.15, 0.2) is 17.2 Å². The van der Waals surface area contributed by atoms with Gasteiger partial charge in [-0.2, -0.15) is 0 Å². The van der Waals surface area contributed by atoms with E-state index in [-0.39, 0.29) is 28.7 Å². The molecule has 0 radical (unpaired) electrons. The van der Waals surface area contributed by atoms with Crippen LogP contribution in [0.1, 0.15) is 75.6 Å². The molecule has 3 rings (SSSR count). The summed E-state index contributed by atoms with van der Waals surface area (Å²) < 4.78 is 18.4. The lowest BCUT2D eigenvalue weighted by Crippen LogP contribution is -2.20. The highest BCUT2D eigenvalue weighted by molar-refractivity contribution is 6.04. The quantitative estimate of drug-likeness (QED) is 0.355. The third kappa shape index (κ3) is 6.15. The van der Waals surface area contributed by atoms with E-state index in [0.717, 1.165) is 24.8 Å². The molecule has 1 amide bonds. The Morgan fingerprint density at radius 3 is 2.38 bits per heavy atom. The number of carbonyl (C=O) groups excluding carboxylic acids is 1. The number of amides is 1. The average molecular weight is 511 g/mol. The summed E-state index contributed by atoms with van der Waals surface area (Å²) in [6.45, 7) is 12.3. The Morgan fingerprint density at radius 2 is 1.78 bits per heavy atom. The molecule has 37 heavy (non-hydrogen) atoms. The zero-order chi connectivity index (χ0) is 27.3. The van der Waals surface area contributed by atoms with Crippen molar-refractivity contribution in [2.24, 2.45) is 0 Å². The second-order valence-corrected chi connectivity index (χ2v) is 9.98. The van der Waals surface area contributed by atoms with Gasteiger partial charge in [0.05, 0.1) is 31.7 Å². The molecule has 200 valence electrons. The monoisotopic (exact) mass is 510 g/mol. The van der Waals surface area contributed by atoms with Gasteiger partial charge in [0.25, 0.3) is 5.91 Å². The zero-order valence-corrected chi connectivity index (χ0v) is 23.0. The molecule has 2 aromatic carbocycles. The smallest absolute Gasteiger partial charge is 0.278 e. The number of phenolic OH excluding ortho intramolecular Hbond substituents is 1. The molecule has 0 bridgehead atoms. The molecular formula is C28H38N4O5. The van der Waals surface area contributed by atoms with E-state index in [0.29, 0.717) is 28.6 Å². The van der Waals surface area contributed by atoms with Crippen molar-refractivity contribution in [3.05, 3.63) is 47.3 Å². The Labute approximate surface area is 218 Å². The van der Waals surface area contributed by atoms with E-state index < -0.39 is 5.91 Å². The first-order chi connectivity index (χ1) is 17.5. The fourth-order valence-electron chi connectivity index (χ4n) is 4.03. The van der Waals surface area contributed by atoms with Gasteiger partial charge in [0.1, 0.15) is 17.2 Å². The van der Waals surface area contributed by atoms with Gasteiger partial charge in [-0.1, -0.05) is 52.3 Å². The summed E-state index contributed by atoms with van der Waals surface area (Å²) in [6.07, 6.45) is 2.86. The molecule has 9 nitrogen and oxygen atoms in total. The number of methoxy groups -OCH3 is 2. The van der Waals surface area contributed by atoms with Crippen LogP contribution in [0, 0.1) is 6.92 Å². The van der Waals surface area contributed by atoms with Crippen LogP contribution in [0.2, 0.25) is 0 Å². The second kappa shape index (κ2) is 11.5. The Balaban J connectivity index is 1.99. The van der Waals surface area contributed by atoms with E-state index in [4.69, 9.17) is 14.2 Å². The number of phenols is 1. The molecule has 0 saturated heterocycles. The third-order valence-corrected chi connectivity index (χ3v) is 6.27. The SMILES string of the molecule is CCC[C@H](CC)Oc1ccc(C(C)(C)C)cc1NC(=O)c1nnn(-c2cc(OC)c(O)cc2OC)c1C. The van der Waals surface area contributed by atoms with E-state index in [1.807, 2.05) is 18.2 Å². The van der Waals surface area contributed by atoms with Crippen LogP contribution in [0.4, 0.5) is 5.69 Å². The largest absolute Gasteiger partial charge is 0.504 e. The van der Waals surface area contributed by atoms with E-state index in [1.165, 1.54) is 25.0 Å². The van der Waals surface area contributed by atoms with Crippen LogP contribution in [0.5, 0.6) is 23.0 Å². The predicted molar refractivity (Wildman–Crippen MR) is 144 cm³/mol. The molecule has 9 heteroatoms. The number of hydrogen-bond acceptors (Lipinski definition) is 7. The first kappa shape index (κ1) is 27.8. The third-order valence-electron chi connectivity index (χ3n) is 6.27. The molecule has 0 aliphatic heterocycles. The van der Waals surface area contributed by atoms with Crippen molar-refractivity contribution >= 4 is 11.6 Å². The predicted octanol–water partition coefficient (Wildman–Crippen LogP) is 5.81. The van der Waals surface area contributed by atoms with Crippen LogP contribution < -0.4 is 19.5 Å². The number of nitrogens with one attached hydrogen (secondary N) is 1. The molecule has 0 aliphatic carbocycles. The maximum Gasteiger partial charge on any atom is 0.278 e. The van der Waals surface area contributed by atoms with Crippen LogP contribution >= 0.6 is 0 Å². The standard InChI is InChI=1S/C28H38N4O5/c1-9-11-19(10-2)37-23-13-12-18(28(4,5)6)14-20(23)29-27(34)26-17(3)32(31-30-26)21-15-25(36-8)22(33)16-24(21)35-7/h12-16,19,33H,9-11H2,1-8H3,(H,29,34)/t19-/m0/s1. The highest BCUT2D eigenvalue weighted by atomic mass is 16.5. The lowest BCUT2D eigenvalue weighted by atomic mass is 9.87. The summed E-state index contributed by atoms with van der Waals surface area (Å²) in [4.78, 5) is 13.4. The normalized spacial score (nSPS) is 12.2. The van der Waals surface area contributed by atoms with Crippen molar-refractivity contribution < 1.29 is 24.1 Å². The number of anilines is 1. The van der Waals surface area contributed by atoms with E-state index in [1.54, 1.807) is 13.0 Å². The maximum absolute atomic E-state index is 13.4. The number of aromatic nitrogens is 3. The molecule has 3 aromatic rings. The number of rotatable bonds is 10. The molecule has 2 N–H and O–H groups in total. The van der Waals surface area contributed by atoms with Gasteiger partial charge in [0, 0.05) is 12.1 Å². The highest BCUT2D eigenvalue weighted by Crippen LogP contribution is 2.37. The molecule has 1 atom stereocenters. The van der Waals surface area contributed by atoms with Crippen molar-refractivity contribution in [2.45, 2.75) is 72.3 Å². The van der Waals surface area contributed by atoms with Crippen LogP contribution in [0.15, 0.2) is 30.3 Å². The van der Waals surface area contributed by atoms with E-state index >= 15 is 0 Å². The molecule has 0 fully saturated rings. The van der Waals surface area contributed by atoms with Crippen molar-refractivity contribution in [1.82, 2.24) is 15.0 Å². The van der Waals surface area contributed by atoms with Crippen molar-refractivity contribution in [2.75, 3.05) is 19.5 Å². The number of nitrogens with zero attached hydrogens (tertiary/aromatic N) is 3. The Morgan fingerprint density at radius 1 is 1.08 bits per heavy atom. The highest BCUT2D eigenvalue weighted by Gasteiger charge is 2.24. The number of carbonyl (C=O) groups is 1. The molecule has 0 saturated carbocycles. The summed E-state index contributed by atoms with van der Waals surface area (Å²) >= 11 is 0. The van der Waals surface area contributed by atoms with Crippen molar-refractivity contribution in [1.29, 1.82) is 0 Å². The summed E-state index contributed by atoms with van der Waals surface area (Å²) in [5.74, 6) is 0.742. The molecule has 0 aliphatic rings. The average Bonchev–Trinajstić information content (AvgIpc) is 3.24. The second-order valence-electron chi connectivity index (χ2n) is 9.98. The number of aromatic hydroxyl groups is 1.